The van der Waals surface area contributed by atoms with Crippen molar-refractivity contribution in [1.29, 1.82) is 0 Å². The predicted molar refractivity (Wildman–Crippen MR) is 60.9 cm³/mol. The van der Waals surface area contributed by atoms with E-state index in [1.165, 1.54) is 7.11 Å². The van der Waals surface area contributed by atoms with Gasteiger partial charge in [-0.25, -0.2) is 9.72 Å². The van der Waals surface area contributed by atoms with Crippen LogP contribution in [0.5, 0.6) is 5.88 Å². The summed E-state index contributed by atoms with van der Waals surface area (Å²) in [5.41, 5.74) is 2.43. The molecule has 0 aliphatic carbocycles. The van der Waals surface area contributed by atoms with Gasteiger partial charge in [0.1, 0.15) is 0 Å². The van der Waals surface area contributed by atoms with Crippen molar-refractivity contribution in [3.05, 3.63) is 28.3 Å². The number of aromatic nitrogens is 2. The van der Waals surface area contributed by atoms with E-state index in [1.807, 2.05) is 26.0 Å². The minimum Gasteiger partial charge on any atom is -0.475 e. The van der Waals surface area contributed by atoms with Gasteiger partial charge in [0.15, 0.2) is 5.52 Å². The maximum atomic E-state index is 11.2. The standard InChI is InChI=1S/C11H14N3O3/c1-4-8-6-5-7(2)13-9(8)10(14(15)16)11(12-13)17-3/h5-6H,4H2,1-3H3,(H,15,16)/q+1. The summed E-state index contributed by atoms with van der Waals surface area (Å²) in [7, 11) is 1.41. The van der Waals surface area contributed by atoms with Crippen molar-refractivity contribution in [3.63, 3.8) is 0 Å². The molecule has 17 heavy (non-hydrogen) atoms. The summed E-state index contributed by atoms with van der Waals surface area (Å²) in [5.74, 6) is 0.117. The number of methoxy groups -OCH3 is 1. The molecule has 0 saturated heterocycles. The van der Waals surface area contributed by atoms with Gasteiger partial charge in [0.2, 0.25) is 0 Å². The summed E-state index contributed by atoms with van der Waals surface area (Å²) >= 11 is 0. The molecule has 0 saturated carbocycles. The minimum absolute atomic E-state index is 0.0491. The van der Waals surface area contributed by atoms with Crippen LogP contribution in [0.25, 0.3) is 5.52 Å². The Labute approximate surface area is 98.0 Å². The first-order valence-corrected chi connectivity index (χ1v) is 5.31. The molecule has 2 rings (SSSR count). The highest BCUT2D eigenvalue weighted by molar-refractivity contribution is 5.74. The second-order valence-electron chi connectivity index (χ2n) is 3.74. The molecule has 1 N–H and O–H groups in total. The van der Waals surface area contributed by atoms with Gasteiger partial charge in [0.25, 0.3) is 4.92 Å². The predicted octanol–water partition coefficient (Wildman–Crippen LogP) is 2.01. The molecule has 0 atom stereocenters. The van der Waals surface area contributed by atoms with E-state index in [0.717, 1.165) is 17.7 Å². The number of hydrogen-bond acceptors (Lipinski definition) is 3. The van der Waals surface area contributed by atoms with Crippen molar-refractivity contribution in [2.45, 2.75) is 20.3 Å². The molecule has 90 valence electrons. The van der Waals surface area contributed by atoms with Crippen molar-refractivity contribution in [2.75, 3.05) is 7.11 Å². The zero-order chi connectivity index (χ0) is 12.6. The number of nitrogens with zero attached hydrogens (tertiary/aromatic N) is 3. The number of pyridine rings is 1. The van der Waals surface area contributed by atoms with Crippen molar-refractivity contribution in [2.24, 2.45) is 0 Å². The lowest BCUT2D eigenvalue weighted by Crippen LogP contribution is -1.98. The fraction of sp³-hybridized carbons (Fsp3) is 0.364. The van der Waals surface area contributed by atoms with E-state index in [-0.39, 0.29) is 16.5 Å². The van der Waals surface area contributed by atoms with Crippen LogP contribution in [0.3, 0.4) is 0 Å². The lowest BCUT2D eigenvalue weighted by atomic mass is 10.1. The number of aryl methyl sites for hydroxylation is 2. The topological polar surface area (TPSA) is 66.8 Å². The summed E-state index contributed by atoms with van der Waals surface area (Å²) in [6.45, 7) is 3.84. The third kappa shape index (κ3) is 1.61. The molecular weight excluding hydrogens is 222 g/mol. The van der Waals surface area contributed by atoms with Crippen LogP contribution in [0.4, 0.5) is 5.69 Å². The summed E-state index contributed by atoms with van der Waals surface area (Å²) in [5, 5.41) is 13.3. The van der Waals surface area contributed by atoms with Crippen molar-refractivity contribution in [3.8, 4) is 5.88 Å². The highest BCUT2D eigenvalue weighted by Crippen LogP contribution is 2.33. The third-order valence-corrected chi connectivity index (χ3v) is 2.76. The molecule has 0 aliphatic rings. The number of rotatable bonds is 3. The van der Waals surface area contributed by atoms with Crippen LogP contribution < -0.4 is 4.74 Å². The Morgan fingerprint density at radius 3 is 2.76 bits per heavy atom. The molecule has 0 unspecified atom stereocenters. The molecule has 0 spiro atoms. The first kappa shape index (κ1) is 11.4. The van der Waals surface area contributed by atoms with Gasteiger partial charge in [-0.3, -0.25) is 0 Å². The van der Waals surface area contributed by atoms with Crippen LogP contribution in [-0.4, -0.2) is 26.9 Å². The highest BCUT2D eigenvalue weighted by Gasteiger charge is 2.31. The largest absolute Gasteiger partial charge is 0.475 e. The van der Waals surface area contributed by atoms with Gasteiger partial charge in [-0.1, -0.05) is 13.0 Å². The second-order valence-corrected chi connectivity index (χ2v) is 3.74. The van der Waals surface area contributed by atoms with Crippen molar-refractivity contribution in [1.82, 2.24) is 9.61 Å². The first-order chi connectivity index (χ1) is 8.10. The van der Waals surface area contributed by atoms with E-state index in [1.54, 1.807) is 4.52 Å². The molecule has 2 aromatic heterocycles. The molecule has 0 amide bonds. The third-order valence-electron chi connectivity index (χ3n) is 2.76. The summed E-state index contributed by atoms with van der Waals surface area (Å²) in [6.07, 6.45) is 0.736. The highest BCUT2D eigenvalue weighted by atomic mass is 16.6. The average Bonchev–Trinajstić information content (AvgIpc) is 2.70. The van der Waals surface area contributed by atoms with Crippen LogP contribution in [0.15, 0.2) is 12.1 Å². The monoisotopic (exact) mass is 236 g/mol. The van der Waals surface area contributed by atoms with E-state index < -0.39 is 0 Å². The molecule has 0 aromatic carbocycles. The number of ether oxygens (including phenoxy) is 1. The van der Waals surface area contributed by atoms with Crippen LogP contribution in [0.2, 0.25) is 0 Å². The molecule has 2 heterocycles. The van der Waals surface area contributed by atoms with Gasteiger partial charge in [0, 0.05) is 5.69 Å². The van der Waals surface area contributed by atoms with Crippen molar-refractivity contribution >= 4 is 11.2 Å². The summed E-state index contributed by atoms with van der Waals surface area (Å²) in [4.78, 5) is 11.0. The molecule has 6 nitrogen and oxygen atoms in total. The fourth-order valence-electron chi connectivity index (χ4n) is 1.90. The van der Waals surface area contributed by atoms with Crippen LogP contribution in [0.1, 0.15) is 18.2 Å². The van der Waals surface area contributed by atoms with Gasteiger partial charge < -0.3 is 4.74 Å². The average molecular weight is 236 g/mol. The van der Waals surface area contributed by atoms with Gasteiger partial charge in [-0.05, 0) is 25.0 Å². The molecular formula is C11H14N3O3+. The Kier molecular flexibility index (Phi) is 2.71. The Morgan fingerprint density at radius 2 is 2.24 bits per heavy atom. The van der Waals surface area contributed by atoms with Gasteiger partial charge in [-0.2, -0.15) is 0 Å². The zero-order valence-electron chi connectivity index (χ0n) is 9.97. The van der Waals surface area contributed by atoms with Gasteiger partial charge in [0.05, 0.1) is 12.0 Å². The van der Waals surface area contributed by atoms with Crippen molar-refractivity contribution < 1.29 is 14.9 Å². The molecule has 0 bridgehead atoms. The number of hydrogen-bond donors (Lipinski definition) is 1. The molecule has 6 heteroatoms. The van der Waals surface area contributed by atoms with Gasteiger partial charge >= 0.3 is 11.6 Å². The lowest BCUT2D eigenvalue weighted by Gasteiger charge is -2.01. The van der Waals surface area contributed by atoms with E-state index >= 15 is 0 Å². The quantitative estimate of drug-likeness (QED) is 0.828. The van der Waals surface area contributed by atoms with Crippen LogP contribution in [-0.2, 0) is 6.42 Å². The zero-order valence-corrected chi connectivity index (χ0v) is 9.97. The van der Waals surface area contributed by atoms with E-state index in [4.69, 9.17) is 4.74 Å². The maximum Gasteiger partial charge on any atom is 0.405 e. The molecule has 0 aliphatic heterocycles. The first-order valence-electron chi connectivity index (χ1n) is 5.31. The van der Waals surface area contributed by atoms with E-state index in [9.17, 15) is 10.1 Å². The maximum absolute atomic E-state index is 11.2. The SMILES string of the molecule is CCc1ccc(C)n2nc(OC)c([N+](=O)O)c12. The summed E-state index contributed by atoms with van der Waals surface area (Å²) in [6, 6.07) is 3.83. The van der Waals surface area contributed by atoms with Crippen LogP contribution in [0, 0.1) is 11.8 Å². The van der Waals surface area contributed by atoms with Gasteiger partial charge in [-0.15, -0.1) is 5.10 Å². The fourth-order valence-corrected chi connectivity index (χ4v) is 1.90. The Morgan fingerprint density at radius 1 is 1.53 bits per heavy atom. The lowest BCUT2D eigenvalue weighted by molar-refractivity contribution is -0.729. The molecule has 2 aromatic rings. The minimum atomic E-state index is -0.195. The molecule has 0 radical (unpaired) electrons. The smallest absolute Gasteiger partial charge is 0.405 e. The molecule has 0 fully saturated rings. The van der Waals surface area contributed by atoms with E-state index in [2.05, 4.69) is 5.10 Å². The number of fused-ring (bicyclic) bond motifs is 1. The van der Waals surface area contributed by atoms with Crippen LogP contribution >= 0.6 is 0 Å². The summed E-state index contributed by atoms with van der Waals surface area (Å²) < 4.78 is 6.62. The normalized spacial score (nSPS) is 10.8. The second kappa shape index (κ2) is 4.04. The Balaban J connectivity index is 2.92. The Bertz CT molecular complexity index is 589. The Hall–Kier alpha value is -2.11. The van der Waals surface area contributed by atoms with E-state index in [0.29, 0.717) is 5.52 Å².